The monoisotopic (exact) mass is 323 g/mol. The molecule has 0 heterocycles. The molecule has 128 valence electrons. The third kappa shape index (κ3) is 4.17. The molecule has 0 amide bonds. The van der Waals surface area contributed by atoms with Crippen molar-refractivity contribution in [1.29, 1.82) is 0 Å². The van der Waals surface area contributed by atoms with Gasteiger partial charge in [-0.15, -0.1) is 0 Å². The first-order valence-corrected chi connectivity index (χ1v) is 8.68. The molecule has 1 saturated carbocycles. The van der Waals surface area contributed by atoms with Crippen LogP contribution in [0.4, 0.5) is 8.78 Å². The lowest BCUT2D eigenvalue weighted by Crippen LogP contribution is -2.36. The van der Waals surface area contributed by atoms with Gasteiger partial charge in [-0.05, 0) is 55.4 Å². The number of alkyl halides is 2. The summed E-state index contributed by atoms with van der Waals surface area (Å²) in [7, 11) is 0. The average Bonchev–Trinajstić information content (AvgIpc) is 2.49. The van der Waals surface area contributed by atoms with E-state index in [1.54, 1.807) is 19.1 Å². The first kappa shape index (κ1) is 18.1. The van der Waals surface area contributed by atoms with Crippen LogP contribution >= 0.6 is 0 Å². The standard InChI is InChI=1S/C19H27F2NO/c1-4-15-16(18(23)5-2)9-13(10-17(15)19(20)21)11-22-12(3)14-7-6-8-14/h9-10,12,14,19,22H,4-8,11H2,1-3H3. The highest BCUT2D eigenvalue weighted by molar-refractivity contribution is 5.97. The van der Waals surface area contributed by atoms with Crippen molar-refractivity contribution in [2.24, 2.45) is 5.92 Å². The summed E-state index contributed by atoms with van der Waals surface area (Å²) in [6.45, 7) is 6.28. The third-order valence-corrected chi connectivity index (χ3v) is 5.04. The lowest BCUT2D eigenvalue weighted by molar-refractivity contribution is 0.0986. The molecule has 1 atom stereocenters. The molecule has 0 aromatic heterocycles. The van der Waals surface area contributed by atoms with E-state index in [0.29, 0.717) is 42.5 Å². The van der Waals surface area contributed by atoms with E-state index < -0.39 is 6.43 Å². The van der Waals surface area contributed by atoms with E-state index in [4.69, 9.17) is 0 Å². The SMILES string of the molecule is CCC(=O)c1cc(CNC(C)C2CCC2)cc(C(F)F)c1CC. The lowest BCUT2D eigenvalue weighted by Gasteiger charge is -2.32. The minimum absolute atomic E-state index is 0.0138. The molecule has 1 aromatic rings. The Morgan fingerprint density at radius 1 is 1.30 bits per heavy atom. The number of benzene rings is 1. The normalized spacial score (nSPS) is 16.4. The van der Waals surface area contributed by atoms with Crippen LogP contribution in [0.5, 0.6) is 0 Å². The minimum atomic E-state index is -2.54. The number of halogens is 2. The molecule has 0 saturated heterocycles. The number of hydrogen-bond donors (Lipinski definition) is 1. The fourth-order valence-corrected chi connectivity index (χ4v) is 3.27. The number of hydrogen-bond acceptors (Lipinski definition) is 2. The average molecular weight is 323 g/mol. The topological polar surface area (TPSA) is 29.1 Å². The molecule has 1 aliphatic carbocycles. The summed E-state index contributed by atoms with van der Waals surface area (Å²) in [6, 6.07) is 3.75. The Bertz CT molecular complexity index is 553. The maximum absolute atomic E-state index is 13.4. The molecule has 0 radical (unpaired) electrons. The predicted octanol–water partition coefficient (Wildman–Crippen LogP) is 5.06. The summed E-state index contributed by atoms with van der Waals surface area (Å²) in [5, 5.41) is 3.43. The van der Waals surface area contributed by atoms with Gasteiger partial charge in [0.15, 0.2) is 5.78 Å². The zero-order valence-electron chi connectivity index (χ0n) is 14.3. The van der Waals surface area contributed by atoms with Gasteiger partial charge in [-0.3, -0.25) is 4.79 Å². The van der Waals surface area contributed by atoms with Crippen LogP contribution in [0.15, 0.2) is 12.1 Å². The zero-order valence-corrected chi connectivity index (χ0v) is 14.3. The molecule has 0 spiro atoms. The molecule has 0 bridgehead atoms. The molecule has 4 heteroatoms. The largest absolute Gasteiger partial charge is 0.310 e. The molecule has 1 aliphatic rings. The summed E-state index contributed by atoms with van der Waals surface area (Å²) in [5.41, 5.74) is 1.77. The number of Topliss-reactive ketones (excluding diaryl/α,β-unsaturated/α-hetero) is 1. The minimum Gasteiger partial charge on any atom is -0.310 e. The quantitative estimate of drug-likeness (QED) is 0.678. The van der Waals surface area contributed by atoms with E-state index in [1.165, 1.54) is 19.3 Å². The molecule has 1 N–H and O–H groups in total. The van der Waals surface area contributed by atoms with Crippen molar-refractivity contribution in [2.75, 3.05) is 0 Å². The smallest absolute Gasteiger partial charge is 0.264 e. The number of carbonyl (C=O) groups excluding carboxylic acids is 1. The van der Waals surface area contributed by atoms with Crippen LogP contribution < -0.4 is 5.32 Å². The van der Waals surface area contributed by atoms with Crippen molar-refractivity contribution in [3.8, 4) is 0 Å². The van der Waals surface area contributed by atoms with Crippen LogP contribution in [0.3, 0.4) is 0 Å². The Hall–Kier alpha value is -1.29. The van der Waals surface area contributed by atoms with Gasteiger partial charge in [0.25, 0.3) is 6.43 Å². The van der Waals surface area contributed by atoms with Crippen molar-refractivity contribution in [3.63, 3.8) is 0 Å². The van der Waals surface area contributed by atoms with Crippen LogP contribution in [0.2, 0.25) is 0 Å². The molecule has 2 nitrogen and oxygen atoms in total. The maximum atomic E-state index is 13.4. The molecular weight excluding hydrogens is 296 g/mol. The highest BCUT2D eigenvalue weighted by Gasteiger charge is 2.24. The summed E-state index contributed by atoms with van der Waals surface area (Å²) in [4.78, 5) is 12.2. The highest BCUT2D eigenvalue weighted by atomic mass is 19.3. The molecule has 1 unspecified atom stereocenters. The Morgan fingerprint density at radius 3 is 2.48 bits per heavy atom. The fraction of sp³-hybridized carbons (Fsp3) is 0.632. The van der Waals surface area contributed by atoms with Gasteiger partial charge in [0, 0.05) is 30.1 Å². The van der Waals surface area contributed by atoms with Crippen LogP contribution in [0, 0.1) is 5.92 Å². The molecule has 1 fully saturated rings. The fourth-order valence-electron chi connectivity index (χ4n) is 3.27. The number of carbonyl (C=O) groups is 1. The van der Waals surface area contributed by atoms with Gasteiger partial charge in [-0.2, -0.15) is 0 Å². The van der Waals surface area contributed by atoms with Crippen LogP contribution in [0.25, 0.3) is 0 Å². The van der Waals surface area contributed by atoms with E-state index in [9.17, 15) is 13.6 Å². The Labute approximate surface area is 137 Å². The number of ketones is 1. The third-order valence-electron chi connectivity index (χ3n) is 5.04. The first-order valence-electron chi connectivity index (χ1n) is 8.68. The number of rotatable bonds is 8. The van der Waals surface area contributed by atoms with E-state index in [1.807, 2.05) is 6.92 Å². The molecule has 23 heavy (non-hydrogen) atoms. The summed E-state index contributed by atoms with van der Waals surface area (Å²) >= 11 is 0. The predicted molar refractivity (Wildman–Crippen MR) is 89.0 cm³/mol. The summed E-state index contributed by atoms with van der Waals surface area (Å²) in [5.74, 6) is 0.633. The van der Waals surface area contributed by atoms with Crippen molar-refractivity contribution in [1.82, 2.24) is 5.32 Å². The lowest BCUT2D eigenvalue weighted by atomic mass is 9.80. The van der Waals surface area contributed by atoms with Gasteiger partial charge in [0.1, 0.15) is 0 Å². The van der Waals surface area contributed by atoms with Gasteiger partial charge < -0.3 is 5.32 Å². The number of nitrogens with one attached hydrogen (secondary N) is 1. The summed E-state index contributed by atoms with van der Waals surface area (Å²) < 4.78 is 26.8. The van der Waals surface area contributed by atoms with Crippen molar-refractivity contribution in [2.45, 2.75) is 71.9 Å². The van der Waals surface area contributed by atoms with Crippen LogP contribution in [-0.4, -0.2) is 11.8 Å². The van der Waals surface area contributed by atoms with Gasteiger partial charge in [-0.1, -0.05) is 20.3 Å². The molecule has 1 aromatic carbocycles. The Morgan fingerprint density at radius 2 is 2.00 bits per heavy atom. The van der Waals surface area contributed by atoms with E-state index in [2.05, 4.69) is 12.2 Å². The van der Waals surface area contributed by atoms with Crippen LogP contribution in [0.1, 0.15) is 79.9 Å². The van der Waals surface area contributed by atoms with E-state index in [-0.39, 0.29) is 11.3 Å². The Kier molecular flexibility index (Phi) is 6.28. The second-order valence-corrected chi connectivity index (χ2v) is 6.50. The van der Waals surface area contributed by atoms with Gasteiger partial charge >= 0.3 is 0 Å². The highest BCUT2D eigenvalue weighted by Crippen LogP contribution is 2.31. The molecular formula is C19H27F2NO. The maximum Gasteiger partial charge on any atom is 0.264 e. The zero-order chi connectivity index (χ0) is 17.0. The van der Waals surface area contributed by atoms with Gasteiger partial charge in [0.2, 0.25) is 0 Å². The second-order valence-electron chi connectivity index (χ2n) is 6.50. The van der Waals surface area contributed by atoms with Crippen molar-refractivity contribution >= 4 is 5.78 Å². The molecule has 0 aliphatic heterocycles. The van der Waals surface area contributed by atoms with E-state index >= 15 is 0 Å². The molecule has 2 rings (SSSR count). The van der Waals surface area contributed by atoms with E-state index in [0.717, 1.165) is 5.56 Å². The second kappa shape index (κ2) is 8.00. The van der Waals surface area contributed by atoms with Gasteiger partial charge in [-0.25, -0.2) is 8.78 Å². The Balaban J connectivity index is 2.24. The van der Waals surface area contributed by atoms with Crippen molar-refractivity contribution < 1.29 is 13.6 Å². The van der Waals surface area contributed by atoms with Crippen molar-refractivity contribution in [3.05, 3.63) is 34.4 Å². The first-order chi connectivity index (χ1) is 11.0. The van der Waals surface area contributed by atoms with Crippen LogP contribution in [-0.2, 0) is 13.0 Å². The van der Waals surface area contributed by atoms with Gasteiger partial charge in [0.05, 0.1) is 0 Å². The summed E-state index contributed by atoms with van der Waals surface area (Å²) in [6.07, 6.45) is 2.01.